The number of hydrogen-bond acceptors (Lipinski definition) is 0. The summed E-state index contributed by atoms with van der Waals surface area (Å²) in [6.45, 7) is 0. The lowest BCUT2D eigenvalue weighted by Crippen LogP contribution is -1.91. The van der Waals surface area contributed by atoms with Crippen LogP contribution in [0.1, 0.15) is 0 Å². The first-order chi connectivity index (χ1) is 37.7. The van der Waals surface area contributed by atoms with Crippen LogP contribution in [0, 0.1) is 0 Å². The highest BCUT2D eigenvalue weighted by molar-refractivity contribution is 6.23. The predicted octanol–water partition coefficient (Wildman–Crippen LogP) is 21.4. The van der Waals surface area contributed by atoms with Gasteiger partial charge in [-0.2, -0.15) is 0 Å². The van der Waals surface area contributed by atoms with Gasteiger partial charge in [0.1, 0.15) is 0 Å². The third-order valence-corrected chi connectivity index (χ3v) is 15.4. The Morgan fingerprint density at radius 2 is 0.342 bits per heavy atom. The first kappa shape index (κ1) is 44.8. The van der Waals surface area contributed by atoms with Crippen LogP contribution < -0.4 is 0 Å². The Hall–Kier alpha value is -9.88. The average Bonchev–Trinajstić information content (AvgIpc) is 3.55. The molecular weight excluding hydrogens is 913 g/mol. The molecule has 0 radical (unpaired) electrons. The molecule has 15 rings (SSSR count). The quantitative estimate of drug-likeness (QED) is 0.146. The molecule has 0 aliphatic carbocycles. The van der Waals surface area contributed by atoms with Gasteiger partial charge in [0.2, 0.25) is 0 Å². The molecule has 0 N–H and O–H groups in total. The Morgan fingerprint density at radius 1 is 0.118 bits per heavy atom. The molecule has 15 aromatic rings. The Kier molecular flexibility index (Phi) is 11.3. The molecule has 0 aromatic heterocycles. The molecule has 0 atom stereocenters. The molecule has 76 heavy (non-hydrogen) atoms. The van der Waals surface area contributed by atoms with Gasteiger partial charge in [0.15, 0.2) is 0 Å². The zero-order valence-electron chi connectivity index (χ0n) is 41.9. The molecule has 0 saturated carbocycles. The number of hydrogen-bond donors (Lipinski definition) is 0. The summed E-state index contributed by atoms with van der Waals surface area (Å²) < 4.78 is 0. The molecule has 0 nitrogen and oxygen atoms in total. The first-order valence-corrected chi connectivity index (χ1v) is 26.3. The van der Waals surface area contributed by atoms with E-state index in [9.17, 15) is 0 Å². The molecule has 0 amide bonds. The summed E-state index contributed by atoms with van der Waals surface area (Å²) >= 11 is 0. The smallest absolute Gasteiger partial charge is 0.00262 e. The van der Waals surface area contributed by atoms with E-state index in [4.69, 9.17) is 0 Å². The van der Waals surface area contributed by atoms with E-state index in [2.05, 4.69) is 303 Å². The Morgan fingerprint density at radius 3 is 0.724 bits per heavy atom. The number of rotatable bonds is 6. The van der Waals surface area contributed by atoms with Crippen molar-refractivity contribution >= 4 is 75.4 Å². The first-order valence-electron chi connectivity index (χ1n) is 26.3. The van der Waals surface area contributed by atoms with Gasteiger partial charge >= 0.3 is 0 Å². The van der Waals surface area contributed by atoms with Crippen molar-refractivity contribution in [2.45, 2.75) is 0 Å². The van der Waals surface area contributed by atoms with E-state index >= 15 is 0 Å². The number of fused-ring (bicyclic) bond motifs is 7. The van der Waals surface area contributed by atoms with Crippen molar-refractivity contribution in [3.05, 3.63) is 303 Å². The second kappa shape index (κ2) is 19.2. The monoisotopic (exact) mass is 962 g/mol. The van der Waals surface area contributed by atoms with Crippen LogP contribution in [0.2, 0.25) is 0 Å². The largest absolute Gasteiger partial charge is 0.0622 e. The molecule has 354 valence electrons. The zero-order valence-corrected chi connectivity index (χ0v) is 41.9. The summed E-state index contributed by atoms with van der Waals surface area (Å²) in [4.78, 5) is 0. The number of benzene rings is 15. The van der Waals surface area contributed by atoms with Crippen LogP contribution in [0.3, 0.4) is 0 Å². The van der Waals surface area contributed by atoms with E-state index in [1.165, 1.54) is 142 Å². The van der Waals surface area contributed by atoms with Crippen LogP contribution in [0.5, 0.6) is 0 Å². The third-order valence-electron chi connectivity index (χ3n) is 15.4. The Labute approximate surface area is 443 Å². The van der Waals surface area contributed by atoms with Gasteiger partial charge < -0.3 is 0 Å². The minimum absolute atomic E-state index is 1.23. The highest BCUT2D eigenvalue weighted by atomic mass is 14.2. The minimum Gasteiger partial charge on any atom is -0.0622 e. The van der Waals surface area contributed by atoms with Crippen LogP contribution in [0.25, 0.3) is 142 Å². The summed E-state index contributed by atoms with van der Waals surface area (Å²) in [5, 5.41) is 17.9. The normalized spacial score (nSPS) is 11.4. The van der Waals surface area contributed by atoms with E-state index in [0.29, 0.717) is 0 Å². The minimum atomic E-state index is 1.23. The topological polar surface area (TPSA) is 0 Å². The van der Waals surface area contributed by atoms with Crippen molar-refractivity contribution in [3.8, 4) is 66.8 Å². The molecule has 0 bridgehead atoms. The van der Waals surface area contributed by atoms with Crippen molar-refractivity contribution in [3.63, 3.8) is 0 Å². The molecule has 0 fully saturated rings. The van der Waals surface area contributed by atoms with Crippen molar-refractivity contribution < 1.29 is 0 Å². The molecule has 0 spiro atoms. The lowest BCUT2D eigenvalue weighted by Gasteiger charge is -2.18. The van der Waals surface area contributed by atoms with Gasteiger partial charge in [-0.25, -0.2) is 0 Å². The lowest BCUT2D eigenvalue weighted by molar-refractivity contribution is 1.62. The van der Waals surface area contributed by atoms with E-state index in [1.807, 2.05) is 0 Å². The van der Waals surface area contributed by atoms with Crippen LogP contribution in [-0.4, -0.2) is 0 Å². The standard InChI is InChI=1S/C40H26.C36H24/c1-2-11-28(12-3-1)39-35-14-6-8-16-37(35)40(38-17-9-7-15-36(38)39)34-23-22-32-25-31(20-21-33(32)26-34)30-19-18-27-10-4-5-13-29(27)24-30;1-2-12-26(13-3-1)35-31-17-6-8-19-33(31)36(34-20-9-7-18-32(34)35)30-16-10-15-28(24-30)29-22-21-25-11-4-5-14-27(25)23-29/h1-26H;1-24H. The highest BCUT2D eigenvalue weighted by Crippen LogP contribution is 2.46. The van der Waals surface area contributed by atoms with Crippen molar-refractivity contribution in [2.24, 2.45) is 0 Å². The Balaban J connectivity index is 0.000000140. The fourth-order valence-corrected chi connectivity index (χ4v) is 11.9. The van der Waals surface area contributed by atoms with Gasteiger partial charge in [0, 0.05) is 0 Å². The fraction of sp³-hybridized carbons (Fsp3) is 0. The van der Waals surface area contributed by atoms with Crippen LogP contribution in [0.15, 0.2) is 303 Å². The summed E-state index contributed by atoms with van der Waals surface area (Å²) in [6, 6.07) is 110. The Bertz CT molecular complexity index is 4570. The SMILES string of the molecule is c1ccc(-c2c3ccccc3c(-c3ccc4cc(-c5ccc6ccccc6c5)ccc4c3)c3ccccc23)cc1.c1ccc(-c2c3ccccc3c(-c3cccc(-c4ccc5ccccc5c4)c3)c3ccccc23)cc1. The molecule has 15 aromatic carbocycles. The highest BCUT2D eigenvalue weighted by Gasteiger charge is 2.19. The van der Waals surface area contributed by atoms with Gasteiger partial charge in [0.05, 0.1) is 0 Å². The van der Waals surface area contributed by atoms with Gasteiger partial charge in [-0.15, -0.1) is 0 Å². The summed E-state index contributed by atoms with van der Waals surface area (Å²) in [5.74, 6) is 0. The maximum atomic E-state index is 2.36. The average molecular weight is 963 g/mol. The van der Waals surface area contributed by atoms with E-state index in [-0.39, 0.29) is 0 Å². The molecule has 0 heteroatoms. The van der Waals surface area contributed by atoms with E-state index in [1.54, 1.807) is 0 Å². The summed E-state index contributed by atoms with van der Waals surface area (Å²) in [6.07, 6.45) is 0. The second-order valence-corrected chi connectivity index (χ2v) is 19.9. The molecule has 0 aliphatic rings. The third kappa shape index (κ3) is 8.05. The zero-order chi connectivity index (χ0) is 50.4. The predicted molar refractivity (Wildman–Crippen MR) is 328 cm³/mol. The molecule has 0 unspecified atom stereocenters. The maximum absolute atomic E-state index is 2.36. The van der Waals surface area contributed by atoms with E-state index in [0.717, 1.165) is 0 Å². The van der Waals surface area contributed by atoms with Crippen LogP contribution >= 0.6 is 0 Å². The molecule has 0 aliphatic heterocycles. The van der Waals surface area contributed by atoms with Gasteiger partial charge in [-0.1, -0.05) is 273 Å². The maximum Gasteiger partial charge on any atom is -0.00262 e. The van der Waals surface area contributed by atoms with Crippen LogP contribution in [-0.2, 0) is 0 Å². The van der Waals surface area contributed by atoms with Crippen molar-refractivity contribution in [1.29, 1.82) is 0 Å². The summed E-state index contributed by atoms with van der Waals surface area (Å²) in [7, 11) is 0. The lowest BCUT2D eigenvalue weighted by atomic mass is 9.85. The van der Waals surface area contributed by atoms with Crippen molar-refractivity contribution in [2.75, 3.05) is 0 Å². The van der Waals surface area contributed by atoms with E-state index < -0.39 is 0 Å². The molecule has 0 saturated heterocycles. The summed E-state index contributed by atoms with van der Waals surface area (Å²) in [5.41, 5.74) is 15.2. The fourth-order valence-electron chi connectivity index (χ4n) is 11.9. The van der Waals surface area contributed by atoms with Gasteiger partial charge in [0.25, 0.3) is 0 Å². The van der Waals surface area contributed by atoms with Gasteiger partial charge in [-0.3, -0.25) is 0 Å². The second-order valence-electron chi connectivity index (χ2n) is 19.9. The molecule has 0 heterocycles. The van der Waals surface area contributed by atoms with Crippen LogP contribution in [0.4, 0.5) is 0 Å². The van der Waals surface area contributed by atoms with Crippen molar-refractivity contribution in [1.82, 2.24) is 0 Å². The molecular formula is C76H50. The van der Waals surface area contributed by atoms with Gasteiger partial charge in [-0.05, 0) is 173 Å².